The molecule has 10 heteroatoms. The maximum atomic E-state index is 11.8. The number of rotatable bonds is 7. The maximum absolute atomic E-state index is 11.8. The summed E-state index contributed by atoms with van der Waals surface area (Å²) in [4.78, 5) is 33.0. The summed E-state index contributed by atoms with van der Waals surface area (Å²) < 4.78 is 9.82. The molecule has 1 N–H and O–H groups in total. The smallest absolute Gasteiger partial charge is 0.338 e. The summed E-state index contributed by atoms with van der Waals surface area (Å²) in [6.07, 6.45) is 0. The fourth-order valence-corrected chi connectivity index (χ4v) is 2.21. The minimum atomic E-state index is -0.883. The molecule has 10 nitrogen and oxygen atoms in total. The molecule has 0 spiro atoms. The fourth-order valence-electron chi connectivity index (χ4n) is 2.21. The molecule has 2 aromatic rings. The van der Waals surface area contributed by atoms with Crippen molar-refractivity contribution in [3.63, 3.8) is 0 Å². The summed E-state index contributed by atoms with van der Waals surface area (Å²) in [6.45, 7) is 1.59. The molecule has 0 aliphatic carbocycles. The van der Waals surface area contributed by atoms with Crippen molar-refractivity contribution >= 4 is 28.7 Å². The van der Waals surface area contributed by atoms with E-state index in [1.807, 2.05) is 0 Å². The molecule has 0 unspecified atom stereocenters. The first-order chi connectivity index (χ1) is 12.4. The van der Waals surface area contributed by atoms with E-state index in [9.17, 15) is 25.0 Å². The van der Waals surface area contributed by atoms with Crippen LogP contribution in [0.3, 0.4) is 0 Å². The van der Waals surface area contributed by atoms with Crippen LogP contribution in [0.2, 0.25) is 0 Å². The van der Waals surface area contributed by atoms with Gasteiger partial charge in [0.15, 0.2) is 5.69 Å². The summed E-state index contributed by atoms with van der Waals surface area (Å²) in [6, 6.07) is 8.23. The average Bonchev–Trinajstić information content (AvgIpc) is 2.61. The van der Waals surface area contributed by atoms with Crippen molar-refractivity contribution in [1.29, 1.82) is 0 Å². The Balaban J connectivity index is 2.60. The van der Waals surface area contributed by atoms with Crippen molar-refractivity contribution in [2.75, 3.05) is 19.0 Å². The van der Waals surface area contributed by atoms with Crippen LogP contribution in [0.25, 0.3) is 0 Å². The van der Waals surface area contributed by atoms with Gasteiger partial charge in [-0.15, -0.1) is 0 Å². The van der Waals surface area contributed by atoms with Gasteiger partial charge in [0.1, 0.15) is 5.75 Å². The Bertz CT molecular complexity index is 832. The molecule has 2 rings (SSSR count). The van der Waals surface area contributed by atoms with E-state index in [0.29, 0.717) is 11.4 Å². The lowest BCUT2D eigenvalue weighted by Gasteiger charge is -2.10. The lowest BCUT2D eigenvalue weighted by Crippen LogP contribution is -2.08. The van der Waals surface area contributed by atoms with Gasteiger partial charge in [-0.2, -0.15) is 0 Å². The number of nitro groups is 2. The van der Waals surface area contributed by atoms with Gasteiger partial charge >= 0.3 is 17.3 Å². The second-order valence-electron chi connectivity index (χ2n) is 4.98. The lowest BCUT2D eigenvalue weighted by atomic mass is 10.1. The number of carbonyl (C=O) groups is 1. The van der Waals surface area contributed by atoms with Crippen LogP contribution < -0.4 is 10.1 Å². The number of anilines is 2. The van der Waals surface area contributed by atoms with E-state index in [2.05, 4.69) is 5.32 Å². The predicted molar refractivity (Wildman–Crippen MR) is 92.0 cm³/mol. The molecule has 0 aliphatic heterocycles. The summed E-state index contributed by atoms with van der Waals surface area (Å²) in [5, 5.41) is 25.5. The standard InChI is InChI=1S/C16H15N3O7/c1-3-26-16(20)10-7-13(18(21)22)15(14(8-10)19(23)24)17-11-5-4-6-12(9-11)25-2/h4-9,17H,3H2,1-2H3. The summed E-state index contributed by atoms with van der Waals surface area (Å²) >= 11 is 0. The number of carbonyl (C=O) groups excluding carboxylic acids is 1. The second-order valence-corrected chi connectivity index (χ2v) is 4.98. The molecule has 0 aliphatic rings. The Kier molecular flexibility index (Phi) is 5.68. The highest BCUT2D eigenvalue weighted by molar-refractivity contribution is 5.94. The molecule has 0 fully saturated rings. The number of hydrogen-bond donors (Lipinski definition) is 1. The van der Waals surface area contributed by atoms with Crippen LogP contribution in [-0.4, -0.2) is 29.5 Å². The van der Waals surface area contributed by atoms with Crippen molar-refractivity contribution in [2.24, 2.45) is 0 Å². The Morgan fingerprint density at radius 1 is 1.12 bits per heavy atom. The second kappa shape index (κ2) is 7.92. The SMILES string of the molecule is CCOC(=O)c1cc([N+](=O)[O-])c(Nc2cccc(OC)c2)c([N+](=O)[O-])c1. The quantitative estimate of drug-likeness (QED) is 0.450. The van der Waals surface area contributed by atoms with E-state index in [0.717, 1.165) is 12.1 Å². The Morgan fingerprint density at radius 2 is 1.73 bits per heavy atom. The number of nitrogens with one attached hydrogen (secondary N) is 1. The first kappa shape index (κ1) is 18.6. The third-order valence-electron chi connectivity index (χ3n) is 3.34. The first-order valence-electron chi connectivity index (χ1n) is 7.42. The van der Waals surface area contributed by atoms with Gasteiger partial charge in [0.05, 0.1) is 29.1 Å². The summed E-state index contributed by atoms with van der Waals surface area (Å²) in [5.41, 5.74) is -1.52. The highest BCUT2D eigenvalue weighted by Gasteiger charge is 2.29. The summed E-state index contributed by atoms with van der Waals surface area (Å²) in [5.74, 6) is -0.421. The Morgan fingerprint density at radius 3 is 2.23 bits per heavy atom. The molecular weight excluding hydrogens is 346 g/mol. The molecule has 0 amide bonds. The Hall–Kier alpha value is -3.69. The normalized spacial score (nSPS) is 10.1. The van der Waals surface area contributed by atoms with Gasteiger partial charge < -0.3 is 14.8 Å². The van der Waals surface area contributed by atoms with E-state index in [4.69, 9.17) is 9.47 Å². The van der Waals surface area contributed by atoms with Crippen LogP contribution >= 0.6 is 0 Å². The zero-order chi connectivity index (χ0) is 19.3. The number of hydrogen-bond acceptors (Lipinski definition) is 8. The van der Waals surface area contributed by atoms with Crippen LogP contribution in [0.1, 0.15) is 17.3 Å². The molecule has 0 heterocycles. The average molecular weight is 361 g/mol. The van der Waals surface area contributed by atoms with E-state index in [-0.39, 0.29) is 17.9 Å². The third kappa shape index (κ3) is 4.04. The molecule has 0 radical (unpaired) electrons. The molecule has 0 aromatic heterocycles. The molecule has 2 aromatic carbocycles. The van der Waals surface area contributed by atoms with Crippen LogP contribution in [0.4, 0.5) is 22.7 Å². The van der Waals surface area contributed by atoms with Gasteiger partial charge in [0.25, 0.3) is 0 Å². The van der Waals surface area contributed by atoms with Gasteiger partial charge in [0, 0.05) is 23.9 Å². The zero-order valence-electron chi connectivity index (χ0n) is 13.9. The number of nitrogens with zero attached hydrogens (tertiary/aromatic N) is 2. The molecule has 26 heavy (non-hydrogen) atoms. The highest BCUT2D eigenvalue weighted by atomic mass is 16.6. The fraction of sp³-hybridized carbons (Fsp3) is 0.188. The largest absolute Gasteiger partial charge is 0.497 e. The van der Waals surface area contributed by atoms with E-state index in [1.165, 1.54) is 13.2 Å². The number of nitro benzene ring substituents is 2. The molecule has 136 valence electrons. The van der Waals surface area contributed by atoms with Gasteiger partial charge in [-0.25, -0.2) is 4.79 Å². The van der Waals surface area contributed by atoms with Gasteiger partial charge in [-0.05, 0) is 19.1 Å². The van der Waals surface area contributed by atoms with Crippen molar-refractivity contribution in [1.82, 2.24) is 0 Å². The van der Waals surface area contributed by atoms with Crippen LogP contribution in [0.5, 0.6) is 5.75 Å². The minimum absolute atomic E-state index is 0.0320. The number of benzene rings is 2. The van der Waals surface area contributed by atoms with E-state index in [1.54, 1.807) is 25.1 Å². The monoisotopic (exact) mass is 361 g/mol. The van der Waals surface area contributed by atoms with Crippen molar-refractivity contribution in [2.45, 2.75) is 6.92 Å². The molecule has 0 saturated carbocycles. The van der Waals surface area contributed by atoms with E-state index < -0.39 is 27.2 Å². The number of methoxy groups -OCH3 is 1. The van der Waals surface area contributed by atoms with Gasteiger partial charge in [-0.1, -0.05) is 6.07 Å². The van der Waals surface area contributed by atoms with Gasteiger partial charge in [0.2, 0.25) is 0 Å². The number of ether oxygens (including phenoxy) is 2. The van der Waals surface area contributed by atoms with E-state index >= 15 is 0 Å². The van der Waals surface area contributed by atoms with Crippen LogP contribution in [0, 0.1) is 20.2 Å². The van der Waals surface area contributed by atoms with Crippen LogP contribution in [0.15, 0.2) is 36.4 Å². The summed E-state index contributed by atoms with van der Waals surface area (Å²) in [7, 11) is 1.44. The molecular formula is C16H15N3O7. The topological polar surface area (TPSA) is 134 Å². The maximum Gasteiger partial charge on any atom is 0.338 e. The highest BCUT2D eigenvalue weighted by Crippen LogP contribution is 2.38. The van der Waals surface area contributed by atoms with Crippen molar-refractivity contribution < 1.29 is 24.1 Å². The minimum Gasteiger partial charge on any atom is -0.497 e. The number of esters is 1. The van der Waals surface area contributed by atoms with Crippen molar-refractivity contribution in [3.8, 4) is 5.75 Å². The lowest BCUT2D eigenvalue weighted by molar-refractivity contribution is -0.392. The van der Waals surface area contributed by atoms with Crippen LogP contribution in [-0.2, 0) is 4.74 Å². The van der Waals surface area contributed by atoms with Gasteiger partial charge in [-0.3, -0.25) is 20.2 Å². The molecule has 0 saturated heterocycles. The third-order valence-corrected chi connectivity index (χ3v) is 3.34. The predicted octanol–water partition coefficient (Wildman–Crippen LogP) is 3.43. The van der Waals surface area contributed by atoms with Crippen molar-refractivity contribution in [3.05, 3.63) is 62.2 Å². The first-order valence-corrected chi connectivity index (χ1v) is 7.42. The zero-order valence-corrected chi connectivity index (χ0v) is 13.9. The Labute approximate surface area is 147 Å². The molecule has 0 atom stereocenters. The molecule has 0 bridgehead atoms.